The lowest BCUT2D eigenvalue weighted by Gasteiger charge is -2.38. The highest BCUT2D eigenvalue weighted by Gasteiger charge is 2.35. The Hall–Kier alpha value is -2.85. The van der Waals surface area contributed by atoms with E-state index < -0.39 is 24.0 Å². The molecule has 11 heteroatoms. The van der Waals surface area contributed by atoms with Crippen molar-refractivity contribution in [3.05, 3.63) is 47.7 Å². The highest BCUT2D eigenvalue weighted by molar-refractivity contribution is 5.42. The molecule has 1 aliphatic heterocycles. The second kappa shape index (κ2) is 7.20. The molecule has 29 heavy (non-hydrogen) atoms. The summed E-state index contributed by atoms with van der Waals surface area (Å²) in [6.07, 6.45) is -5.41. The van der Waals surface area contributed by atoms with Crippen LogP contribution in [0.15, 0.2) is 30.6 Å². The summed E-state index contributed by atoms with van der Waals surface area (Å²) in [4.78, 5) is 13.2. The predicted octanol–water partition coefficient (Wildman–Crippen LogP) is 4.11. The molecule has 4 rings (SSSR count). The summed E-state index contributed by atoms with van der Waals surface area (Å²) in [6.45, 7) is 2.81. The molecule has 6 nitrogen and oxygen atoms in total. The van der Waals surface area contributed by atoms with E-state index in [1.54, 1.807) is 4.90 Å². The molecule has 2 atom stereocenters. The zero-order valence-electron chi connectivity index (χ0n) is 15.3. The Morgan fingerprint density at radius 3 is 2.69 bits per heavy atom. The van der Waals surface area contributed by atoms with Crippen molar-refractivity contribution in [2.24, 2.45) is 5.92 Å². The van der Waals surface area contributed by atoms with Gasteiger partial charge in [0.1, 0.15) is 23.5 Å². The summed E-state index contributed by atoms with van der Waals surface area (Å²) in [7, 11) is 0. The molecular weight excluding hydrogens is 395 g/mol. The average Bonchev–Trinajstić information content (AvgIpc) is 3.16. The van der Waals surface area contributed by atoms with Gasteiger partial charge in [0, 0.05) is 19.0 Å². The minimum Gasteiger partial charge on any atom is -0.356 e. The molecule has 1 fully saturated rings. The van der Waals surface area contributed by atoms with Crippen molar-refractivity contribution >= 4 is 11.6 Å². The van der Waals surface area contributed by atoms with Crippen LogP contribution >= 0.6 is 0 Å². The summed E-state index contributed by atoms with van der Waals surface area (Å²) in [5, 5.41) is 4.09. The second-order valence-corrected chi connectivity index (χ2v) is 7.08. The molecule has 0 spiro atoms. The molecule has 3 aromatic heterocycles. The Bertz CT molecular complexity index is 1020. The summed E-state index contributed by atoms with van der Waals surface area (Å²) >= 11 is 0. The number of pyridine rings is 1. The molecule has 3 aromatic rings. The fourth-order valence-electron chi connectivity index (χ4n) is 3.65. The highest BCUT2D eigenvalue weighted by atomic mass is 19.4. The molecule has 0 aromatic carbocycles. The van der Waals surface area contributed by atoms with Gasteiger partial charge in [-0.25, -0.2) is 23.3 Å². The molecule has 1 saturated heterocycles. The maximum atomic E-state index is 13.3. The smallest absolute Gasteiger partial charge is 0.356 e. The van der Waals surface area contributed by atoms with Crippen LogP contribution < -0.4 is 4.90 Å². The van der Waals surface area contributed by atoms with Gasteiger partial charge in [-0.05, 0) is 30.5 Å². The molecule has 1 aliphatic rings. The molecule has 0 N–H and O–H groups in total. The second-order valence-electron chi connectivity index (χ2n) is 7.08. The topological polar surface area (TPSA) is 59.2 Å². The molecule has 0 saturated carbocycles. The van der Waals surface area contributed by atoms with Crippen LogP contribution in [0.2, 0.25) is 0 Å². The van der Waals surface area contributed by atoms with Crippen LogP contribution in [-0.4, -0.2) is 37.7 Å². The first-order valence-electron chi connectivity index (χ1n) is 9.02. The minimum atomic E-state index is -4.54. The quantitative estimate of drug-likeness (QED) is 0.606. The number of anilines is 1. The summed E-state index contributed by atoms with van der Waals surface area (Å²) in [5.41, 5.74) is -0.860. The van der Waals surface area contributed by atoms with Crippen molar-refractivity contribution in [1.29, 1.82) is 0 Å². The predicted molar refractivity (Wildman–Crippen MR) is 93.7 cm³/mol. The number of alkyl halides is 5. The molecule has 4 heterocycles. The van der Waals surface area contributed by atoms with Gasteiger partial charge in [-0.15, -0.1) is 0 Å². The van der Waals surface area contributed by atoms with Gasteiger partial charge >= 0.3 is 6.18 Å². The van der Waals surface area contributed by atoms with E-state index in [1.807, 2.05) is 6.92 Å². The summed E-state index contributed by atoms with van der Waals surface area (Å²) in [5.74, 6) is 0.108. The van der Waals surface area contributed by atoms with Gasteiger partial charge in [-0.1, -0.05) is 13.0 Å². The van der Waals surface area contributed by atoms with Gasteiger partial charge in [0.2, 0.25) is 0 Å². The van der Waals surface area contributed by atoms with Crippen LogP contribution in [0.4, 0.5) is 27.8 Å². The fourth-order valence-corrected chi connectivity index (χ4v) is 3.65. The summed E-state index contributed by atoms with van der Waals surface area (Å²) in [6, 6.07) is 5.06. The Balaban J connectivity index is 1.71. The van der Waals surface area contributed by atoms with Crippen LogP contribution in [0.25, 0.3) is 5.78 Å². The maximum Gasteiger partial charge on any atom is 0.433 e. The Morgan fingerprint density at radius 1 is 1.17 bits per heavy atom. The number of piperidine rings is 1. The van der Waals surface area contributed by atoms with Gasteiger partial charge in [0.15, 0.2) is 0 Å². The Kier molecular flexibility index (Phi) is 4.83. The molecule has 1 unspecified atom stereocenters. The van der Waals surface area contributed by atoms with Gasteiger partial charge in [-0.3, -0.25) is 0 Å². The molecule has 154 valence electrons. The van der Waals surface area contributed by atoms with Gasteiger partial charge in [0.05, 0.1) is 5.69 Å². The van der Waals surface area contributed by atoms with E-state index in [0.717, 1.165) is 6.07 Å². The third-order valence-electron chi connectivity index (χ3n) is 5.21. The third kappa shape index (κ3) is 3.73. The first kappa shape index (κ1) is 19.5. The van der Waals surface area contributed by atoms with E-state index in [4.69, 9.17) is 0 Å². The number of fused-ring (bicyclic) bond motifs is 1. The molecule has 0 amide bonds. The number of rotatable bonds is 3. The van der Waals surface area contributed by atoms with Crippen molar-refractivity contribution in [2.45, 2.75) is 31.9 Å². The van der Waals surface area contributed by atoms with Crippen LogP contribution in [0, 0.1) is 5.92 Å². The van der Waals surface area contributed by atoms with E-state index in [9.17, 15) is 22.0 Å². The van der Waals surface area contributed by atoms with E-state index in [2.05, 4.69) is 20.1 Å². The number of hydrogen-bond donors (Lipinski definition) is 0. The van der Waals surface area contributed by atoms with E-state index >= 15 is 0 Å². The number of nitrogens with zero attached hydrogens (tertiary/aromatic N) is 6. The van der Waals surface area contributed by atoms with Crippen molar-refractivity contribution in [3.63, 3.8) is 0 Å². The highest BCUT2D eigenvalue weighted by Crippen LogP contribution is 2.36. The van der Waals surface area contributed by atoms with Gasteiger partial charge in [0.25, 0.3) is 12.2 Å². The monoisotopic (exact) mass is 412 g/mol. The Labute approximate surface area is 162 Å². The van der Waals surface area contributed by atoms with Crippen LogP contribution in [0.3, 0.4) is 0 Å². The van der Waals surface area contributed by atoms with Crippen LogP contribution in [0.1, 0.15) is 42.8 Å². The van der Waals surface area contributed by atoms with Crippen molar-refractivity contribution in [3.8, 4) is 0 Å². The number of hydrogen-bond acceptors (Lipinski definition) is 5. The average molecular weight is 412 g/mol. The zero-order valence-corrected chi connectivity index (χ0v) is 15.3. The van der Waals surface area contributed by atoms with E-state index in [0.29, 0.717) is 25.2 Å². The molecule has 0 bridgehead atoms. The van der Waals surface area contributed by atoms with Crippen LogP contribution in [-0.2, 0) is 6.18 Å². The number of aromatic nitrogens is 5. The standard InChI is InChI=1S/C18H17F5N6/c1-10-5-6-28(15-4-2-3-14(27-15)18(21,22)23)8-11(10)13-7-12(16(19)20)26-17-24-9-25-29(13)17/h2-4,7,9-11,16H,5-6,8H2,1H3/t10-,11?/m1/s1. The van der Waals surface area contributed by atoms with Crippen LogP contribution in [0.5, 0.6) is 0 Å². The largest absolute Gasteiger partial charge is 0.433 e. The van der Waals surface area contributed by atoms with Gasteiger partial charge in [-0.2, -0.15) is 23.3 Å². The molecule has 0 radical (unpaired) electrons. The van der Waals surface area contributed by atoms with E-state index in [-0.39, 0.29) is 23.4 Å². The first-order chi connectivity index (χ1) is 13.7. The SMILES string of the molecule is C[C@@H]1CCN(c2cccc(C(F)(F)F)n2)CC1c1cc(C(F)F)nc2ncnn12. The van der Waals surface area contributed by atoms with Crippen molar-refractivity contribution in [1.82, 2.24) is 24.6 Å². The summed E-state index contributed by atoms with van der Waals surface area (Å²) < 4.78 is 67.1. The minimum absolute atomic E-state index is 0.0688. The first-order valence-corrected chi connectivity index (χ1v) is 9.02. The lowest BCUT2D eigenvalue weighted by atomic mass is 9.84. The number of halogens is 5. The van der Waals surface area contributed by atoms with Crippen molar-refractivity contribution in [2.75, 3.05) is 18.0 Å². The lowest BCUT2D eigenvalue weighted by Crippen LogP contribution is -2.40. The molecule has 0 aliphatic carbocycles. The maximum absolute atomic E-state index is 13.3. The van der Waals surface area contributed by atoms with E-state index in [1.165, 1.54) is 29.0 Å². The van der Waals surface area contributed by atoms with Gasteiger partial charge < -0.3 is 4.90 Å². The fraction of sp³-hybridized carbons (Fsp3) is 0.444. The molecular formula is C18H17F5N6. The lowest BCUT2D eigenvalue weighted by molar-refractivity contribution is -0.141. The normalized spacial score (nSPS) is 20.6. The third-order valence-corrected chi connectivity index (χ3v) is 5.21. The zero-order chi connectivity index (χ0) is 20.8. The Morgan fingerprint density at radius 2 is 1.97 bits per heavy atom. The van der Waals surface area contributed by atoms with Crippen molar-refractivity contribution < 1.29 is 22.0 Å².